The molecule has 33 heavy (non-hydrogen) atoms. The Kier molecular flexibility index (Phi) is 8.43. The van der Waals surface area contributed by atoms with E-state index in [0.29, 0.717) is 44.8 Å². The van der Waals surface area contributed by atoms with Crippen molar-refractivity contribution in [2.45, 2.75) is 56.8 Å². The first-order valence-electron chi connectivity index (χ1n) is 12.7. The number of nitrogens with zero attached hydrogens (tertiary/aromatic N) is 3. The maximum Gasteiger partial charge on any atom is 0.253 e. The summed E-state index contributed by atoms with van der Waals surface area (Å²) < 4.78 is 33.5. The molecule has 0 aromatic heterocycles. The first kappa shape index (κ1) is 24.6. The van der Waals surface area contributed by atoms with Crippen molar-refractivity contribution in [3.8, 4) is 0 Å². The Balaban J connectivity index is 1.46. The summed E-state index contributed by atoms with van der Waals surface area (Å²) in [7, 11) is -3.65. The second-order valence-electron chi connectivity index (χ2n) is 9.64. The lowest BCUT2D eigenvalue weighted by molar-refractivity contribution is 0.0729. The predicted octanol–water partition coefficient (Wildman–Crippen LogP) is 3.00. The van der Waals surface area contributed by atoms with Crippen LogP contribution in [-0.4, -0.2) is 87.5 Å². The van der Waals surface area contributed by atoms with Crippen molar-refractivity contribution in [2.24, 2.45) is 5.92 Å². The van der Waals surface area contributed by atoms with Crippen LogP contribution in [0.25, 0.3) is 0 Å². The summed E-state index contributed by atoms with van der Waals surface area (Å²) in [5.74, 6) is 0.742. The van der Waals surface area contributed by atoms with Crippen molar-refractivity contribution in [1.82, 2.24) is 14.1 Å². The van der Waals surface area contributed by atoms with Gasteiger partial charge in [-0.25, -0.2) is 8.42 Å². The maximum atomic E-state index is 13.4. The number of carbonyl (C=O) groups excluding carboxylic acids is 1. The molecule has 0 bridgehead atoms. The number of morpholine rings is 1. The van der Waals surface area contributed by atoms with Gasteiger partial charge < -0.3 is 14.5 Å². The van der Waals surface area contributed by atoms with Crippen LogP contribution >= 0.6 is 0 Å². The number of hydrogen-bond donors (Lipinski definition) is 0. The van der Waals surface area contributed by atoms with Crippen LogP contribution in [0.4, 0.5) is 0 Å². The van der Waals surface area contributed by atoms with Gasteiger partial charge in [-0.05, 0) is 55.8 Å². The number of hydrogen-bond acceptors (Lipinski definition) is 5. The number of aryl methyl sites for hydroxylation is 1. The molecule has 1 aromatic carbocycles. The lowest BCUT2D eigenvalue weighted by Crippen LogP contribution is -2.41. The molecule has 1 amide bonds. The Hall–Kier alpha value is -1.48. The molecular formula is C25H39N3O4S. The van der Waals surface area contributed by atoms with Crippen molar-refractivity contribution < 1.29 is 17.9 Å². The van der Waals surface area contributed by atoms with E-state index in [0.717, 1.165) is 44.1 Å². The molecule has 8 heteroatoms. The SMILES string of the molecule is CCc1ccc(C(=O)N2CCCN(CC3CCCCC3)CC2)cc1S(=O)(=O)N1CCOCC1. The fourth-order valence-electron chi connectivity index (χ4n) is 5.42. The highest BCUT2D eigenvalue weighted by Gasteiger charge is 2.30. The first-order valence-corrected chi connectivity index (χ1v) is 14.2. The molecule has 2 aliphatic heterocycles. The smallest absolute Gasteiger partial charge is 0.253 e. The second-order valence-corrected chi connectivity index (χ2v) is 11.5. The zero-order valence-corrected chi connectivity index (χ0v) is 20.8. The molecule has 0 radical (unpaired) electrons. The van der Waals surface area contributed by atoms with Gasteiger partial charge >= 0.3 is 0 Å². The molecule has 1 saturated carbocycles. The van der Waals surface area contributed by atoms with E-state index < -0.39 is 10.0 Å². The highest BCUT2D eigenvalue weighted by atomic mass is 32.2. The van der Waals surface area contributed by atoms with Crippen LogP contribution in [0.2, 0.25) is 0 Å². The van der Waals surface area contributed by atoms with Crippen LogP contribution in [0.15, 0.2) is 23.1 Å². The molecule has 2 heterocycles. The highest BCUT2D eigenvalue weighted by molar-refractivity contribution is 7.89. The lowest BCUT2D eigenvalue weighted by atomic mass is 9.89. The van der Waals surface area contributed by atoms with E-state index in [4.69, 9.17) is 4.74 Å². The summed E-state index contributed by atoms with van der Waals surface area (Å²) in [5.41, 5.74) is 1.23. The van der Waals surface area contributed by atoms with E-state index in [1.807, 2.05) is 17.9 Å². The summed E-state index contributed by atoms with van der Waals surface area (Å²) >= 11 is 0. The van der Waals surface area contributed by atoms with Gasteiger partial charge in [-0.3, -0.25) is 4.79 Å². The van der Waals surface area contributed by atoms with E-state index in [1.165, 1.54) is 36.4 Å². The molecule has 1 aromatic rings. The Morgan fingerprint density at radius 1 is 0.970 bits per heavy atom. The summed E-state index contributed by atoms with van der Waals surface area (Å²) in [4.78, 5) is 18.1. The zero-order chi connectivity index (χ0) is 23.3. The molecule has 1 aliphatic carbocycles. The normalized spacial score (nSPS) is 22.3. The van der Waals surface area contributed by atoms with Gasteiger partial charge in [0.25, 0.3) is 5.91 Å². The third kappa shape index (κ3) is 5.96. The summed E-state index contributed by atoms with van der Waals surface area (Å²) in [6.07, 6.45) is 8.32. The van der Waals surface area contributed by atoms with E-state index in [9.17, 15) is 13.2 Å². The van der Waals surface area contributed by atoms with Crippen LogP contribution in [0.1, 0.15) is 61.4 Å². The molecule has 3 fully saturated rings. The van der Waals surface area contributed by atoms with Gasteiger partial charge in [0.1, 0.15) is 0 Å². The van der Waals surface area contributed by atoms with Crippen molar-refractivity contribution >= 4 is 15.9 Å². The predicted molar refractivity (Wildman–Crippen MR) is 129 cm³/mol. The van der Waals surface area contributed by atoms with Gasteiger partial charge in [0.05, 0.1) is 18.1 Å². The van der Waals surface area contributed by atoms with Crippen LogP contribution in [0.3, 0.4) is 0 Å². The molecule has 3 aliphatic rings. The fraction of sp³-hybridized carbons (Fsp3) is 0.720. The van der Waals surface area contributed by atoms with E-state index in [2.05, 4.69) is 4.90 Å². The van der Waals surface area contributed by atoms with Gasteiger partial charge in [-0.15, -0.1) is 0 Å². The van der Waals surface area contributed by atoms with Crippen molar-refractivity contribution in [3.63, 3.8) is 0 Å². The summed E-state index contributed by atoms with van der Waals surface area (Å²) in [6.45, 7) is 7.97. The van der Waals surface area contributed by atoms with Gasteiger partial charge in [0.15, 0.2) is 0 Å². The Morgan fingerprint density at radius 3 is 2.45 bits per heavy atom. The maximum absolute atomic E-state index is 13.4. The molecule has 7 nitrogen and oxygen atoms in total. The van der Waals surface area contributed by atoms with E-state index in [-0.39, 0.29) is 10.8 Å². The van der Waals surface area contributed by atoms with Crippen LogP contribution in [0, 0.1) is 5.92 Å². The minimum Gasteiger partial charge on any atom is -0.379 e. The zero-order valence-electron chi connectivity index (χ0n) is 20.0. The number of carbonyl (C=O) groups is 1. The molecule has 0 atom stereocenters. The molecule has 0 spiro atoms. The van der Waals surface area contributed by atoms with Gasteiger partial charge in [0, 0.05) is 44.8 Å². The molecule has 0 N–H and O–H groups in total. The van der Waals surface area contributed by atoms with Crippen LogP contribution < -0.4 is 0 Å². The second kappa shape index (κ2) is 11.3. The van der Waals surface area contributed by atoms with Crippen LogP contribution in [0.5, 0.6) is 0 Å². The molecule has 184 valence electrons. The van der Waals surface area contributed by atoms with E-state index in [1.54, 1.807) is 12.1 Å². The number of benzene rings is 1. The average Bonchev–Trinajstić information content (AvgIpc) is 3.10. The topological polar surface area (TPSA) is 70.2 Å². The lowest BCUT2D eigenvalue weighted by Gasteiger charge is -2.29. The number of amides is 1. The van der Waals surface area contributed by atoms with Crippen molar-refractivity contribution in [3.05, 3.63) is 29.3 Å². The van der Waals surface area contributed by atoms with Crippen molar-refractivity contribution in [2.75, 3.05) is 59.0 Å². The van der Waals surface area contributed by atoms with Gasteiger partial charge in [0.2, 0.25) is 10.0 Å². The number of sulfonamides is 1. The highest BCUT2D eigenvalue weighted by Crippen LogP contribution is 2.26. The largest absolute Gasteiger partial charge is 0.379 e. The Labute approximate surface area is 199 Å². The fourth-order valence-corrected chi connectivity index (χ4v) is 7.15. The molecule has 2 saturated heterocycles. The number of rotatable bonds is 6. The summed E-state index contributed by atoms with van der Waals surface area (Å²) in [5, 5.41) is 0. The van der Waals surface area contributed by atoms with Crippen molar-refractivity contribution in [1.29, 1.82) is 0 Å². The molecular weight excluding hydrogens is 438 g/mol. The average molecular weight is 478 g/mol. The Bertz CT molecular complexity index is 908. The van der Waals surface area contributed by atoms with Gasteiger partial charge in [-0.1, -0.05) is 32.3 Å². The van der Waals surface area contributed by atoms with Crippen LogP contribution in [-0.2, 0) is 21.2 Å². The minimum atomic E-state index is -3.65. The monoisotopic (exact) mass is 477 g/mol. The van der Waals surface area contributed by atoms with Gasteiger partial charge in [-0.2, -0.15) is 4.31 Å². The molecule has 0 unspecified atom stereocenters. The third-order valence-corrected chi connectivity index (χ3v) is 9.38. The first-order chi connectivity index (χ1) is 16.0. The third-order valence-electron chi connectivity index (χ3n) is 7.40. The Morgan fingerprint density at radius 2 is 1.73 bits per heavy atom. The molecule has 4 rings (SSSR count). The number of ether oxygens (including phenoxy) is 1. The summed E-state index contributed by atoms with van der Waals surface area (Å²) in [6, 6.07) is 5.22. The quantitative estimate of drug-likeness (QED) is 0.630. The standard InChI is InChI=1S/C25H39N3O4S/c1-2-22-9-10-23(19-24(22)33(30,31)28-15-17-32-18-16-28)25(29)27-12-6-11-26(13-14-27)20-21-7-4-3-5-8-21/h9-10,19,21H,2-8,11-18,20H2,1H3. The minimum absolute atomic E-state index is 0.0596. The van der Waals surface area contributed by atoms with E-state index >= 15 is 0 Å².